The Morgan fingerprint density at radius 1 is 1.17 bits per heavy atom. The monoisotopic (exact) mass is 363 g/mol. The van der Waals surface area contributed by atoms with Crippen molar-refractivity contribution in [2.45, 2.75) is 6.61 Å². The molecule has 1 N–H and O–H groups in total. The average Bonchev–Trinajstić information content (AvgIpc) is 2.86. The molecule has 4 nitrogen and oxygen atoms in total. The van der Waals surface area contributed by atoms with E-state index in [2.05, 4.69) is 5.32 Å². The summed E-state index contributed by atoms with van der Waals surface area (Å²) in [6, 6.07) is 11.3. The highest BCUT2D eigenvalue weighted by Crippen LogP contribution is 2.26. The SMILES string of the molecule is O=C1NC(=O)/C(=C/c2ccc(OCc3c(F)cccc3Cl)cc2)S1. The Bertz CT molecular complexity index is 816. The standard InChI is InChI=1S/C17H11ClFNO3S/c18-13-2-1-3-14(19)12(13)9-23-11-6-4-10(5-7-11)8-15-16(21)20-17(22)24-15/h1-8H,9H2,(H,20,21,22)/b15-8-. The van der Waals surface area contributed by atoms with Crippen LogP contribution in [0.2, 0.25) is 5.02 Å². The van der Waals surface area contributed by atoms with E-state index in [-0.39, 0.29) is 11.8 Å². The Morgan fingerprint density at radius 2 is 1.92 bits per heavy atom. The van der Waals surface area contributed by atoms with Crippen molar-refractivity contribution in [3.8, 4) is 5.75 Å². The molecule has 24 heavy (non-hydrogen) atoms. The van der Waals surface area contributed by atoms with Crippen LogP contribution in [0.1, 0.15) is 11.1 Å². The molecule has 3 rings (SSSR count). The van der Waals surface area contributed by atoms with Gasteiger partial charge in [-0.1, -0.05) is 29.8 Å². The van der Waals surface area contributed by atoms with Crippen LogP contribution in [0.3, 0.4) is 0 Å². The first kappa shape index (κ1) is 16.5. The molecular formula is C17H11ClFNO3S. The van der Waals surface area contributed by atoms with E-state index in [1.54, 1.807) is 36.4 Å². The summed E-state index contributed by atoms with van der Waals surface area (Å²) in [5, 5.41) is 2.12. The zero-order chi connectivity index (χ0) is 17.1. The minimum absolute atomic E-state index is 0.0126. The van der Waals surface area contributed by atoms with E-state index in [9.17, 15) is 14.0 Å². The normalized spacial score (nSPS) is 15.7. The van der Waals surface area contributed by atoms with Crippen LogP contribution in [0.5, 0.6) is 5.75 Å². The van der Waals surface area contributed by atoms with Crippen molar-refractivity contribution in [3.63, 3.8) is 0 Å². The zero-order valence-corrected chi connectivity index (χ0v) is 13.8. The van der Waals surface area contributed by atoms with E-state index in [0.717, 1.165) is 17.3 Å². The van der Waals surface area contributed by atoms with Gasteiger partial charge >= 0.3 is 0 Å². The quantitative estimate of drug-likeness (QED) is 0.819. The van der Waals surface area contributed by atoms with E-state index in [4.69, 9.17) is 16.3 Å². The van der Waals surface area contributed by atoms with Gasteiger partial charge in [-0.3, -0.25) is 14.9 Å². The molecule has 122 valence electrons. The van der Waals surface area contributed by atoms with Gasteiger partial charge in [-0.05, 0) is 47.7 Å². The van der Waals surface area contributed by atoms with Crippen LogP contribution < -0.4 is 10.1 Å². The number of carbonyl (C=O) groups is 2. The summed E-state index contributed by atoms with van der Waals surface area (Å²) in [6.07, 6.45) is 1.61. The van der Waals surface area contributed by atoms with Crippen molar-refractivity contribution >= 4 is 40.6 Å². The van der Waals surface area contributed by atoms with Crippen molar-refractivity contribution in [3.05, 3.63) is 69.3 Å². The number of hydrogen-bond donors (Lipinski definition) is 1. The summed E-state index contributed by atoms with van der Waals surface area (Å²) in [7, 11) is 0. The van der Waals surface area contributed by atoms with Crippen LogP contribution in [0.25, 0.3) is 6.08 Å². The van der Waals surface area contributed by atoms with E-state index >= 15 is 0 Å². The molecule has 0 bridgehead atoms. The molecular weight excluding hydrogens is 353 g/mol. The largest absolute Gasteiger partial charge is 0.489 e. The first-order valence-electron chi connectivity index (χ1n) is 6.93. The van der Waals surface area contributed by atoms with Crippen molar-refractivity contribution in [1.82, 2.24) is 5.32 Å². The van der Waals surface area contributed by atoms with Crippen molar-refractivity contribution in [2.24, 2.45) is 0 Å². The third-order valence-corrected chi connectivity index (χ3v) is 4.43. The topological polar surface area (TPSA) is 55.4 Å². The molecule has 1 saturated heterocycles. The number of halogens is 2. The molecule has 0 atom stereocenters. The molecule has 2 aromatic carbocycles. The Labute approximate surface area is 146 Å². The molecule has 2 aromatic rings. The van der Waals surface area contributed by atoms with Crippen LogP contribution in [0, 0.1) is 5.82 Å². The molecule has 2 amide bonds. The van der Waals surface area contributed by atoms with Gasteiger partial charge in [-0.2, -0.15) is 0 Å². The van der Waals surface area contributed by atoms with E-state index in [1.807, 2.05) is 0 Å². The third-order valence-electron chi connectivity index (χ3n) is 3.26. The Morgan fingerprint density at radius 3 is 2.54 bits per heavy atom. The maximum absolute atomic E-state index is 13.7. The van der Waals surface area contributed by atoms with Crippen molar-refractivity contribution in [2.75, 3.05) is 0 Å². The predicted octanol–water partition coefficient (Wildman–Crippen LogP) is 4.38. The number of thioether (sulfide) groups is 1. The summed E-state index contributed by atoms with van der Waals surface area (Å²) in [6.45, 7) is 0.0126. The highest BCUT2D eigenvalue weighted by Gasteiger charge is 2.24. The maximum atomic E-state index is 13.7. The number of rotatable bonds is 4. The van der Waals surface area contributed by atoms with Gasteiger partial charge in [0.05, 0.1) is 9.93 Å². The second kappa shape index (κ2) is 7.07. The first-order valence-corrected chi connectivity index (χ1v) is 8.13. The van der Waals surface area contributed by atoms with Crippen LogP contribution in [0.15, 0.2) is 47.4 Å². The molecule has 0 unspecified atom stereocenters. The van der Waals surface area contributed by atoms with Crippen LogP contribution in [0.4, 0.5) is 9.18 Å². The smallest absolute Gasteiger partial charge is 0.290 e. The molecule has 0 radical (unpaired) electrons. The number of ether oxygens (including phenoxy) is 1. The minimum atomic E-state index is -0.419. The van der Waals surface area contributed by atoms with E-state index in [1.165, 1.54) is 12.1 Å². The number of imide groups is 1. The molecule has 0 aromatic heterocycles. The first-order chi connectivity index (χ1) is 11.5. The molecule has 1 heterocycles. The number of benzene rings is 2. The van der Waals surface area contributed by atoms with E-state index in [0.29, 0.717) is 21.2 Å². The molecule has 1 aliphatic heterocycles. The summed E-state index contributed by atoms with van der Waals surface area (Å²) in [5.74, 6) is -0.284. The van der Waals surface area contributed by atoms with Crippen molar-refractivity contribution in [1.29, 1.82) is 0 Å². The van der Waals surface area contributed by atoms with E-state index < -0.39 is 11.7 Å². The number of carbonyl (C=O) groups excluding carboxylic acids is 2. The molecule has 0 saturated carbocycles. The van der Waals surface area contributed by atoms with Gasteiger partial charge in [0, 0.05) is 5.56 Å². The summed E-state index contributed by atoms with van der Waals surface area (Å²) in [4.78, 5) is 22.9. The Hall–Kier alpha value is -2.31. The number of hydrogen-bond acceptors (Lipinski definition) is 4. The lowest BCUT2D eigenvalue weighted by molar-refractivity contribution is -0.115. The lowest BCUT2D eigenvalue weighted by Gasteiger charge is -2.09. The molecule has 1 aliphatic rings. The van der Waals surface area contributed by atoms with Gasteiger partial charge in [0.1, 0.15) is 18.2 Å². The second-order valence-electron chi connectivity index (χ2n) is 4.91. The fourth-order valence-electron chi connectivity index (χ4n) is 2.06. The molecule has 7 heteroatoms. The lowest BCUT2D eigenvalue weighted by Crippen LogP contribution is -2.17. The molecule has 1 fully saturated rings. The average molecular weight is 364 g/mol. The minimum Gasteiger partial charge on any atom is -0.489 e. The molecule has 0 spiro atoms. The number of amides is 2. The predicted molar refractivity (Wildman–Crippen MR) is 91.3 cm³/mol. The summed E-state index contributed by atoms with van der Waals surface area (Å²) >= 11 is 6.80. The van der Waals surface area contributed by atoms with Crippen molar-refractivity contribution < 1.29 is 18.7 Å². The third kappa shape index (κ3) is 3.77. The lowest BCUT2D eigenvalue weighted by atomic mass is 10.2. The number of nitrogens with one attached hydrogen (secondary N) is 1. The fraction of sp³-hybridized carbons (Fsp3) is 0.0588. The summed E-state index contributed by atoms with van der Waals surface area (Å²) in [5.41, 5.74) is 1.04. The van der Waals surface area contributed by atoms with Gasteiger partial charge in [0.15, 0.2) is 0 Å². The zero-order valence-electron chi connectivity index (χ0n) is 12.2. The maximum Gasteiger partial charge on any atom is 0.290 e. The fourth-order valence-corrected chi connectivity index (χ4v) is 2.96. The summed E-state index contributed by atoms with van der Waals surface area (Å²) < 4.78 is 19.2. The van der Waals surface area contributed by atoms with Gasteiger partial charge in [-0.25, -0.2) is 4.39 Å². The molecule has 0 aliphatic carbocycles. The highest BCUT2D eigenvalue weighted by atomic mass is 35.5. The van der Waals surface area contributed by atoms with Gasteiger partial charge in [0.2, 0.25) is 0 Å². The Balaban J connectivity index is 1.68. The Kier molecular flexibility index (Phi) is 4.87. The van der Waals surface area contributed by atoms with Gasteiger partial charge in [-0.15, -0.1) is 0 Å². The van der Waals surface area contributed by atoms with Gasteiger partial charge < -0.3 is 4.74 Å². The van der Waals surface area contributed by atoms with Crippen LogP contribution in [-0.2, 0) is 11.4 Å². The highest BCUT2D eigenvalue weighted by molar-refractivity contribution is 8.18. The van der Waals surface area contributed by atoms with Crippen LogP contribution in [-0.4, -0.2) is 11.1 Å². The second-order valence-corrected chi connectivity index (χ2v) is 6.33. The van der Waals surface area contributed by atoms with Crippen LogP contribution >= 0.6 is 23.4 Å². The van der Waals surface area contributed by atoms with Gasteiger partial charge in [0.25, 0.3) is 11.1 Å².